The molecule has 1 rings (SSSR count). The largest absolute Gasteiger partial charge is 0.372 e. The van der Waals surface area contributed by atoms with Crippen LogP contribution >= 0.6 is 0 Å². The number of unbranched alkanes of at least 4 members (excludes halogenated alkanes) is 10. The molecule has 1 heterocycles. The van der Waals surface area contributed by atoms with Crippen molar-refractivity contribution in [1.29, 1.82) is 0 Å². The van der Waals surface area contributed by atoms with Crippen LogP contribution in [0.1, 0.15) is 118 Å². The minimum Gasteiger partial charge on any atom is -0.372 e. The molecule has 1 aliphatic heterocycles. The molecule has 0 aromatic heterocycles. The van der Waals surface area contributed by atoms with Crippen LogP contribution in [0.5, 0.6) is 0 Å². The monoisotopic (exact) mass is 310 g/mol. The van der Waals surface area contributed by atoms with Gasteiger partial charge in [0.05, 0.1) is 11.7 Å². The minimum atomic E-state index is 0.149. The zero-order valence-corrected chi connectivity index (χ0v) is 16.0. The predicted octanol–water partition coefficient (Wildman–Crippen LogP) is 7.28. The highest BCUT2D eigenvalue weighted by Gasteiger charge is 2.47. The first-order valence-electron chi connectivity index (χ1n) is 10.3. The van der Waals surface area contributed by atoms with Crippen molar-refractivity contribution < 1.29 is 4.74 Å². The Balaban J connectivity index is 2.08. The van der Waals surface area contributed by atoms with Crippen molar-refractivity contribution in [3.05, 3.63) is 0 Å². The van der Waals surface area contributed by atoms with E-state index in [1.165, 1.54) is 89.9 Å². The van der Waals surface area contributed by atoms with Crippen LogP contribution < -0.4 is 0 Å². The Kier molecular flexibility index (Phi) is 10.4. The van der Waals surface area contributed by atoms with Crippen LogP contribution in [0.25, 0.3) is 0 Å². The van der Waals surface area contributed by atoms with Crippen molar-refractivity contribution in [2.75, 3.05) is 0 Å². The molecule has 0 aliphatic carbocycles. The smallest absolute Gasteiger partial charge is 0.0683 e. The summed E-state index contributed by atoms with van der Waals surface area (Å²) in [6.07, 6.45) is 20.1. The molecule has 0 radical (unpaired) electrons. The standard InChI is InChI=1S/C21H42O/c1-5-7-9-11-13-15-17-19-20(22-21(19,3)4)18-16-14-12-10-8-6-2/h19-20H,5-18H2,1-4H3. The molecule has 0 aromatic rings. The third-order valence-electron chi connectivity index (χ3n) is 5.51. The van der Waals surface area contributed by atoms with Crippen molar-refractivity contribution in [2.24, 2.45) is 5.92 Å². The molecule has 1 fully saturated rings. The summed E-state index contributed by atoms with van der Waals surface area (Å²) in [6.45, 7) is 9.18. The van der Waals surface area contributed by atoms with Crippen molar-refractivity contribution in [3.63, 3.8) is 0 Å². The first-order chi connectivity index (χ1) is 10.6. The van der Waals surface area contributed by atoms with E-state index in [1.807, 2.05) is 0 Å². The van der Waals surface area contributed by atoms with Gasteiger partial charge in [0, 0.05) is 5.92 Å². The fraction of sp³-hybridized carbons (Fsp3) is 1.00. The van der Waals surface area contributed by atoms with E-state index in [0.717, 1.165) is 5.92 Å². The van der Waals surface area contributed by atoms with E-state index in [9.17, 15) is 0 Å². The molecule has 0 amide bonds. The molecule has 2 unspecified atom stereocenters. The van der Waals surface area contributed by atoms with Crippen molar-refractivity contribution in [3.8, 4) is 0 Å². The lowest BCUT2D eigenvalue weighted by molar-refractivity contribution is -0.246. The third-order valence-corrected chi connectivity index (χ3v) is 5.51. The molecule has 132 valence electrons. The summed E-state index contributed by atoms with van der Waals surface area (Å²) >= 11 is 0. The van der Waals surface area contributed by atoms with Crippen molar-refractivity contribution in [2.45, 2.75) is 129 Å². The molecular formula is C21H42O. The lowest BCUT2D eigenvalue weighted by Crippen LogP contribution is -2.56. The van der Waals surface area contributed by atoms with E-state index in [1.54, 1.807) is 0 Å². The van der Waals surface area contributed by atoms with E-state index < -0.39 is 0 Å². The average Bonchev–Trinajstić information content (AvgIpc) is 2.48. The SMILES string of the molecule is CCCCCCCCC1OC(C)(C)C1CCCCCCCC. The van der Waals surface area contributed by atoms with E-state index in [4.69, 9.17) is 4.74 Å². The Morgan fingerprint density at radius 2 is 1.09 bits per heavy atom. The summed E-state index contributed by atoms with van der Waals surface area (Å²) in [5.74, 6) is 0.814. The van der Waals surface area contributed by atoms with Gasteiger partial charge >= 0.3 is 0 Å². The number of ether oxygens (including phenoxy) is 1. The quantitative estimate of drug-likeness (QED) is 0.306. The maximum atomic E-state index is 6.16. The normalized spacial score (nSPS) is 23.5. The van der Waals surface area contributed by atoms with Gasteiger partial charge in [-0.2, -0.15) is 0 Å². The van der Waals surface area contributed by atoms with Gasteiger partial charge in [-0.15, -0.1) is 0 Å². The lowest BCUT2D eigenvalue weighted by Gasteiger charge is -2.52. The highest BCUT2D eigenvalue weighted by atomic mass is 16.5. The summed E-state index contributed by atoms with van der Waals surface area (Å²) in [6, 6.07) is 0. The second-order valence-corrected chi connectivity index (χ2v) is 7.98. The molecule has 2 atom stereocenters. The highest BCUT2D eigenvalue weighted by Crippen LogP contribution is 2.44. The molecule has 0 saturated carbocycles. The van der Waals surface area contributed by atoms with Crippen LogP contribution in [0.4, 0.5) is 0 Å². The number of rotatable bonds is 14. The first-order valence-corrected chi connectivity index (χ1v) is 10.3. The average molecular weight is 311 g/mol. The van der Waals surface area contributed by atoms with Crippen LogP contribution in [0.2, 0.25) is 0 Å². The summed E-state index contributed by atoms with van der Waals surface area (Å²) < 4.78 is 6.16. The van der Waals surface area contributed by atoms with Crippen LogP contribution in [-0.4, -0.2) is 11.7 Å². The van der Waals surface area contributed by atoms with E-state index in [-0.39, 0.29) is 5.60 Å². The van der Waals surface area contributed by atoms with E-state index >= 15 is 0 Å². The molecule has 1 saturated heterocycles. The molecule has 0 spiro atoms. The second-order valence-electron chi connectivity index (χ2n) is 7.98. The zero-order chi connectivity index (χ0) is 16.3. The Hall–Kier alpha value is -0.0400. The van der Waals surface area contributed by atoms with Gasteiger partial charge in [0.25, 0.3) is 0 Å². The van der Waals surface area contributed by atoms with Crippen LogP contribution in [0.15, 0.2) is 0 Å². The molecule has 1 aliphatic rings. The predicted molar refractivity (Wildman–Crippen MR) is 98.4 cm³/mol. The van der Waals surface area contributed by atoms with Gasteiger partial charge in [0.1, 0.15) is 0 Å². The first kappa shape index (κ1) is 20.0. The van der Waals surface area contributed by atoms with Crippen molar-refractivity contribution in [1.82, 2.24) is 0 Å². The highest BCUT2D eigenvalue weighted by molar-refractivity contribution is 4.95. The molecule has 0 bridgehead atoms. The lowest BCUT2D eigenvalue weighted by atomic mass is 9.74. The van der Waals surface area contributed by atoms with Gasteiger partial charge < -0.3 is 4.74 Å². The topological polar surface area (TPSA) is 9.23 Å². The van der Waals surface area contributed by atoms with Gasteiger partial charge in [-0.25, -0.2) is 0 Å². The third kappa shape index (κ3) is 7.49. The number of hydrogen-bond acceptors (Lipinski definition) is 1. The van der Waals surface area contributed by atoms with Gasteiger partial charge in [0.2, 0.25) is 0 Å². The molecule has 1 heteroatoms. The maximum absolute atomic E-state index is 6.16. The van der Waals surface area contributed by atoms with Gasteiger partial charge in [-0.05, 0) is 26.7 Å². The summed E-state index contributed by atoms with van der Waals surface area (Å²) in [5.41, 5.74) is 0.149. The Morgan fingerprint density at radius 1 is 0.636 bits per heavy atom. The van der Waals surface area contributed by atoms with E-state index in [2.05, 4.69) is 27.7 Å². The minimum absolute atomic E-state index is 0.149. The molecule has 1 nitrogen and oxygen atoms in total. The summed E-state index contributed by atoms with van der Waals surface area (Å²) in [7, 11) is 0. The number of hydrogen-bond donors (Lipinski definition) is 0. The van der Waals surface area contributed by atoms with Crippen LogP contribution in [0, 0.1) is 5.92 Å². The molecule has 0 aromatic carbocycles. The second kappa shape index (κ2) is 11.5. The van der Waals surface area contributed by atoms with Crippen LogP contribution in [0.3, 0.4) is 0 Å². The Labute approximate surface area is 140 Å². The molecular weight excluding hydrogens is 268 g/mol. The fourth-order valence-corrected chi connectivity index (χ4v) is 4.00. The van der Waals surface area contributed by atoms with E-state index in [0.29, 0.717) is 6.10 Å². The van der Waals surface area contributed by atoms with Gasteiger partial charge in [-0.3, -0.25) is 0 Å². The Bertz CT molecular complexity index is 259. The summed E-state index contributed by atoms with van der Waals surface area (Å²) in [5, 5.41) is 0. The molecule has 0 N–H and O–H groups in total. The molecule has 22 heavy (non-hydrogen) atoms. The van der Waals surface area contributed by atoms with Gasteiger partial charge in [0.15, 0.2) is 0 Å². The maximum Gasteiger partial charge on any atom is 0.0683 e. The van der Waals surface area contributed by atoms with Crippen LogP contribution in [-0.2, 0) is 4.74 Å². The van der Waals surface area contributed by atoms with Gasteiger partial charge in [-0.1, -0.05) is 90.9 Å². The zero-order valence-electron chi connectivity index (χ0n) is 16.0. The Morgan fingerprint density at radius 3 is 1.59 bits per heavy atom. The van der Waals surface area contributed by atoms with Crippen molar-refractivity contribution >= 4 is 0 Å². The summed E-state index contributed by atoms with van der Waals surface area (Å²) in [4.78, 5) is 0. The fourth-order valence-electron chi connectivity index (χ4n) is 4.00.